The summed E-state index contributed by atoms with van der Waals surface area (Å²) in [6, 6.07) is 0. The van der Waals surface area contributed by atoms with Crippen molar-refractivity contribution in [3.63, 3.8) is 0 Å². The van der Waals surface area contributed by atoms with E-state index in [1.807, 2.05) is 0 Å². The van der Waals surface area contributed by atoms with Crippen LogP contribution in [0.1, 0.15) is 63.1 Å². The van der Waals surface area contributed by atoms with Crippen LogP contribution in [0.3, 0.4) is 0 Å². The number of piperidine rings is 1. The number of ether oxygens (including phenoxy) is 1. The standard InChI is InChI=1S/C15H25N3O3/c1-20-15(8-4-2-3-5-9-15)12-17-13(21-18-12)14(19)7-6-10-16-11-14/h16,19H,2-11H2,1H3. The van der Waals surface area contributed by atoms with Crippen LogP contribution in [0.4, 0.5) is 0 Å². The summed E-state index contributed by atoms with van der Waals surface area (Å²) in [5.41, 5.74) is -1.49. The molecule has 0 aromatic carbocycles. The molecule has 2 N–H and O–H groups in total. The summed E-state index contributed by atoms with van der Waals surface area (Å²) in [6.07, 6.45) is 8.07. The number of aromatic nitrogens is 2. The molecule has 1 aromatic heterocycles. The fraction of sp³-hybridized carbons (Fsp3) is 0.867. The number of hydrogen-bond acceptors (Lipinski definition) is 6. The predicted molar refractivity (Wildman–Crippen MR) is 76.7 cm³/mol. The normalized spacial score (nSPS) is 30.0. The molecule has 1 aliphatic carbocycles. The summed E-state index contributed by atoms with van der Waals surface area (Å²) in [4.78, 5) is 4.52. The van der Waals surface area contributed by atoms with Crippen molar-refractivity contribution in [2.45, 2.75) is 62.6 Å². The van der Waals surface area contributed by atoms with Gasteiger partial charge in [-0.05, 0) is 32.2 Å². The van der Waals surface area contributed by atoms with E-state index in [4.69, 9.17) is 9.26 Å². The van der Waals surface area contributed by atoms with Gasteiger partial charge in [-0.2, -0.15) is 4.98 Å². The van der Waals surface area contributed by atoms with Crippen LogP contribution in [0.15, 0.2) is 4.52 Å². The van der Waals surface area contributed by atoms with Gasteiger partial charge in [-0.1, -0.05) is 30.8 Å². The molecule has 2 heterocycles. The second kappa shape index (κ2) is 6.02. The highest BCUT2D eigenvalue weighted by Gasteiger charge is 2.42. The topological polar surface area (TPSA) is 80.4 Å². The highest BCUT2D eigenvalue weighted by atomic mass is 16.5. The van der Waals surface area contributed by atoms with Crippen LogP contribution in [0.25, 0.3) is 0 Å². The summed E-state index contributed by atoms with van der Waals surface area (Å²) in [7, 11) is 1.72. The third-order valence-electron chi connectivity index (χ3n) is 4.89. The highest BCUT2D eigenvalue weighted by Crippen LogP contribution is 2.38. The van der Waals surface area contributed by atoms with Crippen molar-refractivity contribution in [3.8, 4) is 0 Å². The molecule has 0 radical (unpaired) electrons. The van der Waals surface area contributed by atoms with E-state index in [1.165, 1.54) is 12.8 Å². The number of nitrogens with zero attached hydrogens (tertiary/aromatic N) is 2. The highest BCUT2D eigenvalue weighted by molar-refractivity contribution is 5.08. The quantitative estimate of drug-likeness (QED) is 0.828. The molecule has 3 rings (SSSR count). The average molecular weight is 295 g/mol. The Kier molecular flexibility index (Phi) is 4.28. The minimum absolute atomic E-state index is 0.324. The van der Waals surface area contributed by atoms with Crippen molar-refractivity contribution in [3.05, 3.63) is 11.7 Å². The fourth-order valence-corrected chi connectivity index (χ4v) is 3.49. The van der Waals surface area contributed by atoms with Gasteiger partial charge in [-0.15, -0.1) is 0 Å². The summed E-state index contributed by atoms with van der Waals surface area (Å²) in [5, 5.41) is 18.0. The maximum Gasteiger partial charge on any atom is 0.260 e. The average Bonchev–Trinajstić information content (AvgIpc) is 2.89. The molecular weight excluding hydrogens is 270 g/mol. The lowest BCUT2D eigenvalue weighted by Gasteiger charge is -2.29. The molecule has 1 unspecified atom stereocenters. The Labute approximate surface area is 125 Å². The molecule has 1 aromatic rings. The number of methoxy groups -OCH3 is 1. The first-order chi connectivity index (χ1) is 10.2. The molecule has 1 aliphatic heterocycles. The van der Waals surface area contributed by atoms with Crippen molar-refractivity contribution in [1.29, 1.82) is 0 Å². The molecule has 1 saturated heterocycles. The van der Waals surface area contributed by atoms with Gasteiger partial charge in [-0.25, -0.2) is 0 Å². The Hall–Kier alpha value is -0.980. The van der Waals surface area contributed by atoms with Gasteiger partial charge in [0, 0.05) is 13.7 Å². The first kappa shape index (κ1) is 14.9. The Bertz CT molecular complexity index is 460. The van der Waals surface area contributed by atoms with Crippen molar-refractivity contribution >= 4 is 0 Å². The zero-order valence-electron chi connectivity index (χ0n) is 12.7. The van der Waals surface area contributed by atoms with E-state index in [2.05, 4.69) is 15.5 Å². The second-order valence-corrected chi connectivity index (χ2v) is 6.35. The first-order valence-electron chi connectivity index (χ1n) is 8.01. The van der Waals surface area contributed by atoms with Gasteiger partial charge < -0.3 is 19.7 Å². The Morgan fingerprint density at radius 3 is 2.52 bits per heavy atom. The van der Waals surface area contributed by atoms with Crippen LogP contribution >= 0.6 is 0 Å². The van der Waals surface area contributed by atoms with Gasteiger partial charge in [0.2, 0.25) is 5.82 Å². The van der Waals surface area contributed by atoms with E-state index in [-0.39, 0.29) is 0 Å². The molecule has 0 spiro atoms. The smallest absolute Gasteiger partial charge is 0.260 e. The van der Waals surface area contributed by atoms with Crippen molar-refractivity contribution < 1.29 is 14.4 Å². The molecule has 0 amide bonds. The van der Waals surface area contributed by atoms with Crippen LogP contribution in [0, 0.1) is 0 Å². The van der Waals surface area contributed by atoms with Gasteiger partial charge in [-0.3, -0.25) is 0 Å². The molecule has 21 heavy (non-hydrogen) atoms. The fourth-order valence-electron chi connectivity index (χ4n) is 3.49. The summed E-state index contributed by atoms with van der Waals surface area (Å²) in [5.74, 6) is 0.922. The van der Waals surface area contributed by atoms with E-state index in [9.17, 15) is 5.11 Å². The number of hydrogen-bond donors (Lipinski definition) is 2. The van der Waals surface area contributed by atoms with Crippen LogP contribution in [0.5, 0.6) is 0 Å². The van der Waals surface area contributed by atoms with Gasteiger partial charge in [0.1, 0.15) is 5.60 Å². The SMILES string of the molecule is COC1(c2noc(C3(O)CCCNC3)n2)CCCCCC1. The maximum absolute atomic E-state index is 10.7. The van der Waals surface area contributed by atoms with Crippen molar-refractivity contribution in [1.82, 2.24) is 15.5 Å². The van der Waals surface area contributed by atoms with E-state index < -0.39 is 11.2 Å². The zero-order valence-corrected chi connectivity index (χ0v) is 12.7. The van der Waals surface area contributed by atoms with Gasteiger partial charge in [0.25, 0.3) is 5.89 Å². The van der Waals surface area contributed by atoms with Crippen LogP contribution in [0.2, 0.25) is 0 Å². The summed E-state index contributed by atoms with van der Waals surface area (Å²) >= 11 is 0. The molecule has 1 saturated carbocycles. The molecule has 0 bridgehead atoms. The van der Waals surface area contributed by atoms with Crippen molar-refractivity contribution in [2.24, 2.45) is 0 Å². The van der Waals surface area contributed by atoms with Crippen LogP contribution < -0.4 is 5.32 Å². The zero-order chi connectivity index (χ0) is 14.8. The number of aliphatic hydroxyl groups is 1. The Morgan fingerprint density at radius 2 is 1.90 bits per heavy atom. The van der Waals surface area contributed by atoms with E-state index in [1.54, 1.807) is 7.11 Å². The van der Waals surface area contributed by atoms with E-state index in [0.717, 1.165) is 38.6 Å². The monoisotopic (exact) mass is 295 g/mol. The largest absolute Gasteiger partial charge is 0.379 e. The molecule has 2 aliphatic rings. The molecular formula is C15H25N3O3. The lowest BCUT2D eigenvalue weighted by Crippen LogP contribution is -2.43. The van der Waals surface area contributed by atoms with Gasteiger partial charge >= 0.3 is 0 Å². The summed E-state index contributed by atoms with van der Waals surface area (Å²) in [6.45, 7) is 1.39. The minimum atomic E-state index is -1.04. The first-order valence-corrected chi connectivity index (χ1v) is 8.01. The van der Waals surface area contributed by atoms with Gasteiger partial charge in [0.05, 0.1) is 0 Å². The molecule has 118 valence electrons. The second-order valence-electron chi connectivity index (χ2n) is 6.35. The molecule has 2 fully saturated rings. The van der Waals surface area contributed by atoms with Crippen molar-refractivity contribution in [2.75, 3.05) is 20.2 Å². The van der Waals surface area contributed by atoms with E-state index in [0.29, 0.717) is 24.7 Å². The molecule has 1 atom stereocenters. The predicted octanol–water partition coefficient (Wildman–Crippen LogP) is 1.84. The molecule has 6 nitrogen and oxygen atoms in total. The lowest BCUT2D eigenvalue weighted by molar-refractivity contribution is -0.0365. The Morgan fingerprint density at radius 1 is 1.14 bits per heavy atom. The van der Waals surface area contributed by atoms with Gasteiger partial charge in [0.15, 0.2) is 5.60 Å². The Balaban J connectivity index is 1.85. The third-order valence-corrected chi connectivity index (χ3v) is 4.89. The van der Waals surface area contributed by atoms with Crippen LogP contribution in [-0.2, 0) is 15.9 Å². The number of rotatable bonds is 3. The summed E-state index contributed by atoms with van der Waals surface area (Å²) < 4.78 is 11.2. The third kappa shape index (κ3) is 2.84. The lowest BCUT2D eigenvalue weighted by atomic mass is 9.92. The minimum Gasteiger partial charge on any atom is -0.379 e. The maximum atomic E-state index is 10.7. The number of β-amino-alcohol motifs (C(OH)–C–C–N with tert-alkyl or cyclic N) is 1. The van der Waals surface area contributed by atoms with Crippen LogP contribution in [-0.4, -0.2) is 35.4 Å². The van der Waals surface area contributed by atoms with E-state index >= 15 is 0 Å². The number of nitrogens with one attached hydrogen (secondary N) is 1. The molecule has 6 heteroatoms.